The number of fused-ring (bicyclic) bond motifs is 1. The Bertz CT molecular complexity index is 1180. The van der Waals surface area contributed by atoms with Crippen LogP contribution < -0.4 is 10.6 Å². The van der Waals surface area contributed by atoms with E-state index in [1.165, 1.54) is 6.20 Å². The maximum absolute atomic E-state index is 12.8. The fraction of sp³-hybridized carbons (Fsp3) is 0.158. The summed E-state index contributed by atoms with van der Waals surface area (Å²) in [5.41, 5.74) is 3.35. The van der Waals surface area contributed by atoms with Gasteiger partial charge < -0.3 is 10.6 Å². The topological polar surface area (TPSA) is 89.1 Å². The second-order valence-electron chi connectivity index (χ2n) is 6.62. The first-order chi connectivity index (χ1) is 13.7. The Labute approximate surface area is 165 Å². The number of halogens is 1. The zero-order chi connectivity index (χ0) is 19.1. The van der Waals surface area contributed by atoms with E-state index in [9.17, 15) is 4.79 Å². The number of aromatic nitrogens is 5. The molecule has 140 valence electrons. The number of nitrogens with zero attached hydrogens (tertiary/aromatic N) is 5. The van der Waals surface area contributed by atoms with E-state index in [2.05, 4.69) is 25.9 Å². The second-order valence-corrected chi connectivity index (χ2v) is 7.03. The summed E-state index contributed by atoms with van der Waals surface area (Å²) in [5.74, 6) is 0.116. The maximum atomic E-state index is 12.8. The minimum atomic E-state index is -0.282. The van der Waals surface area contributed by atoms with Crippen LogP contribution in [0, 0.1) is 0 Å². The van der Waals surface area contributed by atoms with E-state index < -0.39 is 0 Å². The molecule has 4 heterocycles. The Morgan fingerprint density at radius 1 is 1.18 bits per heavy atom. The Balaban J connectivity index is 1.43. The Hall–Kier alpha value is -3.23. The highest BCUT2D eigenvalue weighted by Crippen LogP contribution is 2.26. The first-order valence-corrected chi connectivity index (χ1v) is 9.23. The van der Waals surface area contributed by atoms with E-state index in [-0.39, 0.29) is 5.91 Å². The lowest BCUT2D eigenvalue weighted by molar-refractivity contribution is 0.102. The van der Waals surface area contributed by atoms with Crippen LogP contribution in [0.4, 0.5) is 5.69 Å². The van der Waals surface area contributed by atoms with E-state index in [0.717, 1.165) is 30.0 Å². The van der Waals surface area contributed by atoms with Gasteiger partial charge in [-0.15, -0.1) is 0 Å². The number of rotatable bonds is 4. The Morgan fingerprint density at radius 2 is 2.07 bits per heavy atom. The van der Waals surface area contributed by atoms with Crippen LogP contribution in [0.1, 0.15) is 22.0 Å². The van der Waals surface area contributed by atoms with Crippen molar-refractivity contribution in [1.29, 1.82) is 0 Å². The highest BCUT2D eigenvalue weighted by molar-refractivity contribution is 6.34. The largest absolute Gasteiger partial charge is 0.320 e. The smallest absolute Gasteiger partial charge is 0.259 e. The minimum absolute atomic E-state index is 0.282. The summed E-state index contributed by atoms with van der Waals surface area (Å²) in [6.45, 7) is 1.83. The molecule has 4 aromatic rings. The van der Waals surface area contributed by atoms with Gasteiger partial charge in [-0.05, 0) is 30.3 Å². The molecule has 1 aliphatic rings. The third-order valence-corrected chi connectivity index (χ3v) is 5.14. The van der Waals surface area contributed by atoms with Gasteiger partial charge in [-0.2, -0.15) is 20.1 Å². The molecule has 1 aromatic carbocycles. The highest BCUT2D eigenvalue weighted by atomic mass is 35.5. The van der Waals surface area contributed by atoms with Crippen molar-refractivity contribution in [1.82, 2.24) is 29.9 Å². The third kappa shape index (κ3) is 2.92. The Morgan fingerprint density at radius 3 is 2.89 bits per heavy atom. The van der Waals surface area contributed by atoms with Crippen LogP contribution in [0.2, 0.25) is 5.02 Å². The standard InChI is InChI=1S/C19H16ClN7O/c20-15-5-4-13(27-23-11-17(25-27)12-8-21-9-12)7-16(15)24-19(28)14-10-22-26-6-2-1-3-18(14)26/h1-7,10-12,21H,8-9H2,(H,24,28). The van der Waals surface area contributed by atoms with Gasteiger partial charge in [-0.3, -0.25) is 4.79 Å². The lowest BCUT2D eigenvalue weighted by Crippen LogP contribution is -2.40. The quantitative estimate of drug-likeness (QED) is 0.556. The van der Waals surface area contributed by atoms with Crippen molar-refractivity contribution >= 4 is 28.7 Å². The SMILES string of the molecule is O=C(Nc1cc(-n2ncc(C3CNC3)n2)ccc1Cl)c1cnn2ccccc12. The molecule has 3 aromatic heterocycles. The first kappa shape index (κ1) is 16.9. The molecule has 8 nitrogen and oxygen atoms in total. The fourth-order valence-electron chi connectivity index (χ4n) is 3.12. The van der Waals surface area contributed by atoms with E-state index in [1.54, 1.807) is 33.8 Å². The van der Waals surface area contributed by atoms with Gasteiger partial charge in [0.15, 0.2) is 0 Å². The predicted octanol–water partition coefficient (Wildman–Crippen LogP) is 2.51. The van der Waals surface area contributed by atoms with Gasteiger partial charge in [0.25, 0.3) is 5.91 Å². The van der Waals surface area contributed by atoms with Gasteiger partial charge in [-0.25, -0.2) is 4.52 Å². The predicted molar refractivity (Wildman–Crippen MR) is 105 cm³/mol. The van der Waals surface area contributed by atoms with Crippen molar-refractivity contribution in [2.45, 2.75) is 5.92 Å². The van der Waals surface area contributed by atoms with Crippen LogP contribution in [0.25, 0.3) is 11.2 Å². The fourth-order valence-corrected chi connectivity index (χ4v) is 3.28. The molecule has 0 aliphatic carbocycles. The van der Waals surface area contributed by atoms with Crippen LogP contribution >= 0.6 is 11.6 Å². The second kappa shape index (κ2) is 6.74. The van der Waals surface area contributed by atoms with Gasteiger partial charge in [-0.1, -0.05) is 17.7 Å². The van der Waals surface area contributed by atoms with Gasteiger partial charge in [0.05, 0.1) is 45.6 Å². The molecule has 1 amide bonds. The average Bonchev–Trinajstić information content (AvgIpc) is 3.29. The first-order valence-electron chi connectivity index (χ1n) is 8.85. The van der Waals surface area contributed by atoms with Crippen LogP contribution in [-0.4, -0.2) is 43.6 Å². The number of benzene rings is 1. The molecule has 0 unspecified atom stereocenters. The molecule has 0 atom stereocenters. The summed E-state index contributed by atoms with van der Waals surface area (Å²) in [5, 5.41) is 19.6. The summed E-state index contributed by atoms with van der Waals surface area (Å²) >= 11 is 6.30. The lowest BCUT2D eigenvalue weighted by atomic mass is 10.0. The lowest BCUT2D eigenvalue weighted by Gasteiger charge is -2.24. The molecule has 1 saturated heterocycles. The number of pyridine rings is 1. The number of amides is 1. The summed E-state index contributed by atoms with van der Waals surface area (Å²) in [4.78, 5) is 14.3. The number of carbonyl (C=O) groups is 1. The van der Waals surface area contributed by atoms with E-state index in [1.807, 2.05) is 24.3 Å². The molecular weight excluding hydrogens is 378 g/mol. The highest BCUT2D eigenvalue weighted by Gasteiger charge is 2.22. The summed E-state index contributed by atoms with van der Waals surface area (Å²) < 4.78 is 1.65. The van der Waals surface area contributed by atoms with Gasteiger partial charge in [0.1, 0.15) is 0 Å². The van der Waals surface area contributed by atoms with Crippen LogP contribution in [-0.2, 0) is 0 Å². The van der Waals surface area contributed by atoms with Crippen molar-refractivity contribution in [3.63, 3.8) is 0 Å². The number of hydrogen-bond donors (Lipinski definition) is 2. The molecule has 9 heteroatoms. The van der Waals surface area contributed by atoms with Crippen molar-refractivity contribution in [3.05, 3.63) is 71.3 Å². The molecule has 28 heavy (non-hydrogen) atoms. The molecule has 2 N–H and O–H groups in total. The van der Waals surface area contributed by atoms with Crippen LogP contribution in [0.5, 0.6) is 0 Å². The van der Waals surface area contributed by atoms with Crippen molar-refractivity contribution < 1.29 is 4.79 Å². The monoisotopic (exact) mass is 393 g/mol. The summed E-state index contributed by atoms with van der Waals surface area (Å²) in [6, 6.07) is 10.8. The summed E-state index contributed by atoms with van der Waals surface area (Å²) in [6.07, 6.45) is 5.10. The molecule has 1 fully saturated rings. The van der Waals surface area contributed by atoms with Crippen LogP contribution in [0.3, 0.4) is 0 Å². The summed E-state index contributed by atoms with van der Waals surface area (Å²) in [7, 11) is 0. The van der Waals surface area contributed by atoms with Crippen molar-refractivity contribution in [2.24, 2.45) is 0 Å². The molecule has 0 bridgehead atoms. The Kier molecular flexibility index (Phi) is 4.07. The maximum Gasteiger partial charge on any atom is 0.259 e. The van der Waals surface area contributed by atoms with Gasteiger partial charge in [0.2, 0.25) is 0 Å². The number of carbonyl (C=O) groups excluding carboxylic acids is 1. The van der Waals surface area contributed by atoms with Gasteiger partial charge in [0, 0.05) is 25.2 Å². The molecular formula is C19H16ClN7O. The normalized spacial score (nSPS) is 14.2. The van der Waals surface area contributed by atoms with Crippen molar-refractivity contribution in [2.75, 3.05) is 18.4 Å². The van der Waals surface area contributed by atoms with E-state index >= 15 is 0 Å². The molecule has 1 aliphatic heterocycles. The molecule has 0 radical (unpaired) electrons. The minimum Gasteiger partial charge on any atom is -0.320 e. The van der Waals surface area contributed by atoms with Crippen molar-refractivity contribution in [3.8, 4) is 5.69 Å². The van der Waals surface area contributed by atoms with Gasteiger partial charge >= 0.3 is 0 Å². The van der Waals surface area contributed by atoms with E-state index in [4.69, 9.17) is 11.6 Å². The number of nitrogens with one attached hydrogen (secondary N) is 2. The average molecular weight is 394 g/mol. The third-order valence-electron chi connectivity index (χ3n) is 4.81. The zero-order valence-corrected chi connectivity index (χ0v) is 15.5. The van der Waals surface area contributed by atoms with Crippen LogP contribution in [0.15, 0.2) is 55.0 Å². The number of hydrogen-bond acceptors (Lipinski definition) is 5. The van der Waals surface area contributed by atoms with E-state index in [0.29, 0.717) is 22.2 Å². The molecule has 0 spiro atoms. The molecule has 5 rings (SSSR count). The zero-order valence-electron chi connectivity index (χ0n) is 14.7. The number of anilines is 1. The molecule has 0 saturated carbocycles.